The topological polar surface area (TPSA) is 82.7 Å². The van der Waals surface area contributed by atoms with E-state index in [-0.39, 0.29) is 12.0 Å². The Hall–Kier alpha value is -3.06. The summed E-state index contributed by atoms with van der Waals surface area (Å²) in [6, 6.07) is 12.4. The van der Waals surface area contributed by atoms with Crippen LogP contribution in [0.1, 0.15) is 35.0 Å². The zero-order valence-corrected chi connectivity index (χ0v) is 15.6. The maximum Gasteiger partial charge on any atom is 0.356 e. The van der Waals surface area contributed by atoms with Crippen molar-refractivity contribution in [3.8, 4) is 0 Å². The van der Waals surface area contributed by atoms with E-state index < -0.39 is 12.1 Å². The van der Waals surface area contributed by atoms with Crippen LogP contribution in [0, 0.1) is 0 Å². The first kappa shape index (κ1) is 18.3. The molecule has 0 saturated carbocycles. The van der Waals surface area contributed by atoms with Crippen molar-refractivity contribution in [2.24, 2.45) is 7.05 Å². The molecule has 2 aromatic heterocycles. The van der Waals surface area contributed by atoms with Gasteiger partial charge in [0.05, 0.1) is 17.9 Å². The lowest BCUT2D eigenvalue weighted by Gasteiger charge is -2.19. The third-order valence-corrected chi connectivity index (χ3v) is 4.97. The van der Waals surface area contributed by atoms with Crippen molar-refractivity contribution in [3.63, 3.8) is 0 Å². The Morgan fingerprint density at radius 3 is 2.82 bits per heavy atom. The third-order valence-electron chi connectivity index (χ3n) is 4.97. The number of nitrogens with zero attached hydrogens (tertiary/aromatic N) is 1. The number of ether oxygens (including phenoxy) is 2. The monoisotopic (exact) mass is 382 g/mol. The largest absolute Gasteiger partial charge is 0.463 e. The molecule has 0 radical (unpaired) electrons. The molecule has 1 saturated heterocycles. The first-order valence-electron chi connectivity index (χ1n) is 9.31. The van der Waals surface area contributed by atoms with Crippen molar-refractivity contribution in [3.05, 3.63) is 60.0 Å². The summed E-state index contributed by atoms with van der Waals surface area (Å²) in [6.45, 7) is 1.11. The van der Waals surface area contributed by atoms with E-state index in [1.165, 1.54) is 0 Å². The van der Waals surface area contributed by atoms with Gasteiger partial charge in [-0.15, -0.1) is 0 Å². The van der Waals surface area contributed by atoms with Crippen LogP contribution in [0.15, 0.2) is 53.1 Å². The van der Waals surface area contributed by atoms with Gasteiger partial charge in [-0.2, -0.15) is 0 Å². The highest BCUT2D eigenvalue weighted by Crippen LogP contribution is 2.24. The van der Waals surface area contributed by atoms with E-state index in [0.717, 1.165) is 18.4 Å². The fraction of sp³-hybridized carbons (Fsp3) is 0.333. The van der Waals surface area contributed by atoms with Crippen LogP contribution < -0.4 is 5.32 Å². The molecule has 0 spiro atoms. The Kier molecular flexibility index (Phi) is 5.16. The summed E-state index contributed by atoms with van der Waals surface area (Å²) < 4.78 is 18.2. The molecule has 1 aliphatic rings. The number of carbonyl (C=O) groups excluding carboxylic acids is 2. The molecule has 28 heavy (non-hydrogen) atoms. The molecule has 7 heteroatoms. The molecule has 146 valence electrons. The summed E-state index contributed by atoms with van der Waals surface area (Å²) in [4.78, 5) is 25.6. The Balaban J connectivity index is 1.52. The number of aryl methyl sites for hydroxylation is 1. The number of amides is 1. The molecule has 0 bridgehead atoms. The number of aromatic nitrogens is 1. The van der Waals surface area contributed by atoms with Crippen LogP contribution in [0.2, 0.25) is 0 Å². The number of fused-ring (bicyclic) bond motifs is 1. The SMILES string of the molecule is Cn1c(C(=O)OC(C(=O)NCC2CCCO2)c2ccccc2)cc2occc21. The molecule has 1 aliphatic heterocycles. The second-order valence-corrected chi connectivity index (χ2v) is 6.83. The summed E-state index contributed by atoms with van der Waals surface area (Å²) in [6.07, 6.45) is 2.43. The van der Waals surface area contributed by atoms with E-state index in [9.17, 15) is 9.59 Å². The van der Waals surface area contributed by atoms with Crippen molar-refractivity contribution in [1.29, 1.82) is 0 Å². The quantitative estimate of drug-likeness (QED) is 0.663. The maximum absolute atomic E-state index is 12.8. The van der Waals surface area contributed by atoms with Gasteiger partial charge in [0, 0.05) is 37.9 Å². The fourth-order valence-corrected chi connectivity index (χ4v) is 3.43. The minimum absolute atomic E-state index is 0.0101. The average molecular weight is 382 g/mol. The lowest BCUT2D eigenvalue weighted by Crippen LogP contribution is -2.37. The summed E-state index contributed by atoms with van der Waals surface area (Å²) in [5, 5.41) is 2.85. The molecule has 0 aliphatic carbocycles. The summed E-state index contributed by atoms with van der Waals surface area (Å²) in [7, 11) is 1.75. The number of nitrogens with one attached hydrogen (secondary N) is 1. The highest BCUT2D eigenvalue weighted by molar-refractivity contribution is 5.95. The predicted molar refractivity (Wildman–Crippen MR) is 102 cm³/mol. The lowest BCUT2D eigenvalue weighted by atomic mass is 10.1. The smallest absolute Gasteiger partial charge is 0.356 e. The molecule has 1 amide bonds. The molecular weight excluding hydrogens is 360 g/mol. The Morgan fingerprint density at radius 1 is 1.29 bits per heavy atom. The average Bonchev–Trinajstić information content (AvgIpc) is 3.44. The van der Waals surface area contributed by atoms with E-state index >= 15 is 0 Å². The van der Waals surface area contributed by atoms with Gasteiger partial charge in [0.25, 0.3) is 5.91 Å². The van der Waals surface area contributed by atoms with Gasteiger partial charge in [0.15, 0.2) is 5.58 Å². The molecule has 1 fully saturated rings. The van der Waals surface area contributed by atoms with Crippen molar-refractivity contribution in [2.45, 2.75) is 25.0 Å². The number of hydrogen-bond donors (Lipinski definition) is 1. The van der Waals surface area contributed by atoms with Crippen molar-refractivity contribution in [1.82, 2.24) is 9.88 Å². The van der Waals surface area contributed by atoms with Gasteiger partial charge >= 0.3 is 5.97 Å². The summed E-state index contributed by atoms with van der Waals surface area (Å²) in [5.41, 5.74) is 2.31. The molecule has 1 N–H and O–H groups in total. The van der Waals surface area contributed by atoms with E-state index in [0.29, 0.717) is 30.0 Å². The second kappa shape index (κ2) is 7.90. The molecule has 2 unspecified atom stereocenters. The van der Waals surface area contributed by atoms with Gasteiger partial charge < -0.3 is 23.8 Å². The number of carbonyl (C=O) groups is 2. The molecule has 7 nitrogen and oxygen atoms in total. The molecule has 3 aromatic rings. The van der Waals surface area contributed by atoms with Crippen molar-refractivity contribution >= 4 is 23.0 Å². The van der Waals surface area contributed by atoms with Crippen LogP contribution in [-0.4, -0.2) is 35.7 Å². The molecule has 1 aromatic carbocycles. The fourth-order valence-electron chi connectivity index (χ4n) is 3.43. The minimum atomic E-state index is -1.05. The van der Waals surface area contributed by atoms with Crippen LogP contribution in [0.3, 0.4) is 0 Å². The van der Waals surface area contributed by atoms with Crippen LogP contribution in [0.4, 0.5) is 0 Å². The minimum Gasteiger partial charge on any atom is -0.463 e. The van der Waals surface area contributed by atoms with E-state index in [4.69, 9.17) is 13.9 Å². The zero-order valence-electron chi connectivity index (χ0n) is 15.6. The summed E-state index contributed by atoms with van der Waals surface area (Å²) >= 11 is 0. The Labute approximate surface area is 162 Å². The Bertz CT molecular complexity index is 969. The number of benzene rings is 1. The number of hydrogen-bond acceptors (Lipinski definition) is 5. The standard InChI is InChI=1S/C21H22N2O5/c1-23-16-9-11-27-18(16)12-17(23)21(25)28-19(14-6-3-2-4-7-14)20(24)22-13-15-8-5-10-26-15/h2-4,6-7,9,11-12,15,19H,5,8,10,13H2,1H3,(H,22,24). The van der Waals surface area contributed by atoms with Gasteiger partial charge in [0.2, 0.25) is 6.10 Å². The maximum atomic E-state index is 12.8. The normalized spacial score (nSPS) is 17.5. The Morgan fingerprint density at radius 2 is 2.11 bits per heavy atom. The van der Waals surface area contributed by atoms with Crippen LogP contribution >= 0.6 is 0 Å². The van der Waals surface area contributed by atoms with E-state index in [2.05, 4.69) is 5.32 Å². The molecule has 4 rings (SSSR count). The molecule has 3 heterocycles. The van der Waals surface area contributed by atoms with E-state index in [1.807, 2.05) is 6.07 Å². The number of furan rings is 1. The van der Waals surface area contributed by atoms with Gasteiger partial charge in [-0.05, 0) is 12.8 Å². The first-order valence-corrected chi connectivity index (χ1v) is 9.31. The predicted octanol–water partition coefficient (Wildman–Crippen LogP) is 2.96. The second-order valence-electron chi connectivity index (χ2n) is 6.83. The lowest BCUT2D eigenvalue weighted by molar-refractivity contribution is -0.130. The molecule has 2 atom stereocenters. The van der Waals surface area contributed by atoms with Gasteiger partial charge in [-0.1, -0.05) is 30.3 Å². The van der Waals surface area contributed by atoms with Gasteiger partial charge in [-0.25, -0.2) is 4.79 Å². The van der Waals surface area contributed by atoms with Crippen LogP contribution in [-0.2, 0) is 21.3 Å². The number of esters is 1. The van der Waals surface area contributed by atoms with Crippen molar-refractivity contribution in [2.75, 3.05) is 13.2 Å². The van der Waals surface area contributed by atoms with Crippen LogP contribution in [0.5, 0.6) is 0 Å². The van der Waals surface area contributed by atoms with Crippen LogP contribution in [0.25, 0.3) is 11.1 Å². The molecular formula is C21H22N2O5. The van der Waals surface area contributed by atoms with E-state index in [1.54, 1.807) is 54.3 Å². The third kappa shape index (κ3) is 3.66. The first-order chi connectivity index (χ1) is 13.6. The summed E-state index contributed by atoms with van der Waals surface area (Å²) in [5.74, 6) is -0.956. The highest BCUT2D eigenvalue weighted by Gasteiger charge is 2.28. The zero-order chi connectivity index (χ0) is 19.5. The van der Waals surface area contributed by atoms with Gasteiger partial charge in [0.1, 0.15) is 5.69 Å². The van der Waals surface area contributed by atoms with Crippen molar-refractivity contribution < 1.29 is 23.5 Å². The van der Waals surface area contributed by atoms with Gasteiger partial charge in [-0.3, -0.25) is 4.79 Å². The number of rotatable bonds is 6. The highest BCUT2D eigenvalue weighted by atomic mass is 16.5.